The number of pyridine rings is 1. The number of hydrogen-bond acceptors (Lipinski definition) is 4. The highest BCUT2D eigenvalue weighted by Gasteiger charge is 2.14. The molecule has 0 atom stereocenters. The van der Waals surface area contributed by atoms with Crippen molar-refractivity contribution in [1.29, 1.82) is 0 Å². The predicted molar refractivity (Wildman–Crippen MR) is 63.6 cm³/mol. The molecule has 0 amide bonds. The van der Waals surface area contributed by atoms with Gasteiger partial charge in [0.25, 0.3) is 0 Å². The minimum Gasteiger partial charge on any atom is -0.476 e. The van der Waals surface area contributed by atoms with E-state index in [-0.39, 0.29) is 5.69 Å². The van der Waals surface area contributed by atoms with Crippen molar-refractivity contribution in [2.24, 2.45) is 0 Å². The van der Waals surface area contributed by atoms with Crippen LogP contribution in [-0.4, -0.2) is 31.1 Å². The maximum Gasteiger partial charge on any atom is 0.356 e. The molecule has 1 aromatic carbocycles. The number of nitrogens with zero attached hydrogens (tertiary/aromatic N) is 4. The molecule has 88 valence electrons. The summed E-state index contributed by atoms with van der Waals surface area (Å²) in [4.78, 5) is 15.1. The molecule has 0 aliphatic heterocycles. The molecule has 0 bridgehead atoms. The van der Waals surface area contributed by atoms with Gasteiger partial charge in [-0.15, -0.1) is 5.10 Å². The minimum atomic E-state index is -1.07. The Kier molecular flexibility index (Phi) is 2.26. The topological polar surface area (TPSA) is 80.9 Å². The van der Waals surface area contributed by atoms with Crippen molar-refractivity contribution < 1.29 is 9.90 Å². The number of fused-ring (bicyclic) bond motifs is 1. The van der Waals surface area contributed by atoms with Crippen molar-refractivity contribution in [3.63, 3.8) is 0 Å². The zero-order valence-corrected chi connectivity index (χ0v) is 9.19. The fraction of sp³-hybridized carbons (Fsp3) is 0. The number of aromatic nitrogens is 4. The van der Waals surface area contributed by atoms with Gasteiger partial charge in [-0.05, 0) is 17.5 Å². The number of carbonyl (C=O) groups is 1. The molecular formula is C12H8N4O2. The monoisotopic (exact) mass is 240 g/mol. The van der Waals surface area contributed by atoms with Crippen molar-refractivity contribution in [1.82, 2.24) is 20.0 Å². The van der Waals surface area contributed by atoms with E-state index in [1.165, 1.54) is 10.9 Å². The molecule has 0 spiro atoms. The second-order valence-electron chi connectivity index (χ2n) is 3.71. The van der Waals surface area contributed by atoms with Gasteiger partial charge in [0, 0.05) is 17.8 Å². The summed E-state index contributed by atoms with van der Waals surface area (Å²) in [5.41, 5.74) is 0.668. The number of aromatic carboxylic acids is 1. The molecule has 0 aliphatic carbocycles. The molecule has 2 heterocycles. The highest BCUT2D eigenvalue weighted by Crippen LogP contribution is 2.21. The number of hydrogen-bond donors (Lipinski definition) is 1. The molecule has 6 heteroatoms. The molecule has 3 rings (SSSR count). The molecule has 2 aromatic heterocycles. The first-order valence-corrected chi connectivity index (χ1v) is 5.24. The molecule has 0 fully saturated rings. The predicted octanol–water partition coefficient (Wildman–Crippen LogP) is 1.51. The van der Waals surface area contributed by atoms with E-state index in [9.17, 15) is 4.79 Å². The van der Waals surface area contributed by atoms with Gasteiger partial charge in [-0.3, -0.25) is 4.98 Å². The maximum absolute atomic E-state index is 11.1. The van der Waals surface area contributed by atoms with E-state index in [4.69, 9.17) is 5.11 Å². The fourth-order valence-electron chi connectivity index (χ4n) is 1.84. The van der Waals surface area contributed by atoms with Crippen LogP contribution in [0.15, 0.2) is 42.9 Å². The molecule has 1 N–H and O–H groups in total. The van der Waals surface area contributed by atoms with Crippen molar-refractivity contribution in [3.05, 3.63) is 48.5 Å². The summed E-state index contributed by atoms with van der Waals surface area (Å²) in [6.07, 6.45) is 4.58. The average molecular weight is 240 g/mol. The molecule has 0 aliphatic rings. The first kappa shape index (κ1) is 10.4. The van der Waals surface area contributed by atoms with Gasteiger partial charge < -0.3 is 5.11 Å². The Morgan fingerprint density at radius 2 is 2.11 bits per heavy atom. The van der Waals surface area contributed by atoms with E-state index in [0.29, 0.717) is 5.69 Å². The molecule has 0 saturated carbocycles. The van der Waals surface area contributed by atoms with E-state index >= 15 is 0 Å². The Hall–Kier alpha value is -2.76. The van der Waals surface area contributed by atoms with E-state index in [1.807, 2.05) is 18.2 Å². The Morgan fingerprint density at radius 1 is 1.22 bits per heavy atom. The Balaban J connectivity index is 2.32. The third-order valence-electron chi connectivity index (χ3n) is 2.66. The van der Waals surface area contributed by atoms with Crippen LogP contribution < -0.4 is 0 Å². The molecular weight excluding hydrogens is 232 g/mol. The molecule has 0 unspecified atom stereocenters. The summed E-state index contributed by atoms with van der Waals surface area (Å²) >= 11 is 0. The number of carboxylic acids is 1. The summed E-state index contributed by atoms with van der Waals surface area (Å²) in [5, 5.41) is 18.3. The maximum atomic E-state index is 11.1. The Morgan fingerprint density at radius 3 is 2.94 bits per heavy atom. The third-order valence-corrected chi connectivity index (χ3v) is 2.66. The first-order valence-electron chi connectivity index (χ1n) is 5.24. The van der Waals surface area contributed by atoms with E-state index in [0.717, 1.165) is 10.8 Å². The van der Waals surface area contributed by atoms with Crippen molar-refractivity contribution >= 4 is 16.7 Å². The quantitative estimate of drug-likeness (QED) is 0.734. The lowest BCUT2D eigenvalue weighted by atomic mass is 10.1. The molecule has 0 radical (unpaired) electrons. The van der Waals surface area contributed by atoms with Gasteiger partial charge in [-0.25, -0.2) is 9.48 Å². The second-order valence-corrected chi connectivity index (χ2v) is 3.71. The summed E-state index contributed by atoms with van der Waals surface area (Å²) in [7, 11) is 0. The van der Waals surface area contributed by atoms with Crippen LogP contribution in [0.5, 0.6) is 0 Å². The smallest absolute Gasteiger partial charge is 0.356 e. The largest absolute Gasteiger partial charge is 0.476 e. The van der Waals surface area contributed by atoms with Crippen molar-refractivity contribution in [2.45, 2.75) is 0 Å². The lowest BCUT2D eigenvalue weighted by molar-refractivity contribution is 0.0687. The van der Waals surface area contributed by atoms with E-state index in [1.54, 1.807) is 18.5 Å². The lowest BCUT2D eigenvalue weighted by Gasteiger charge is -2.06. The van der Waals surface area contributed by atoms with Crippen LogP contribution in [0, 0.1) is 0 Å². The zero-order chi connectivity index (χ0) is 12.5. The second kappa shape index (κ2) is 3.92. The summed E-state index contributed by atoms with van der Waals surface area (Å²) in [6.45, 7) is 0. The SMILES string of the molecule is O=C(O)c1cnnn1-c1cccc2ccncc12. The zero-order valence-electron chi connectivity index (χ0n) is 9.19. The van der Waals surface area contributed by atoms with Crippen LogP contribution in [0.4, 0.5) is 0 Å². The Labute approximate surface area is 102 Å². The number of rotatable bonds is 2. The molecule has 6 nitrogen and oxygen atoms in total. The van der Waals surface area contributed by atoms with Crippen LogP contribution in [-0.2, 0) is 0 Å². The highest BCUT2D eigenvalue weighted by atomic mass is 16.4. The van der Waals surface area contributed by atoms with Gasteiger partial charge in [0.1, 0.15) is 0 Å². The van der Waals surface area contributed by atoms with Gasteiger partial charge in [-0.2, -0.15) is 0 Å². The van der Waals surface area contributed by atoms with E-state index < -0.39 is 5.97 Å². The lowest BCUT2D eigenvalue weighted by Crippen LogP contribution is -2.08. The first-order chi connectivity index (χ1) is 8.77. The van der Waals surface area contributed by atoms with Gasteiger partial charge in [0.2, 0.25) is 0 Å². The van der Waals surface area contributed by atoms with Crippen LogP contribution in [0.25, 0.3) is 16.5 Å². The Bertz CT molecular complexity index is 730. The summed E-state index contributed by atoms with van der Waals surface area (Å²) < 4.78 is 1.30. The highest BCUT2D eigenvalue weighted by molar-refractivity contribution is 5.91. The van der Waals surface area contributed by atoms with Crippen LogP contribution in [0.1, 0.15) is 10.5 Å². The number of carboxylic acid groups (broad SMARTS) is 1. The fourth-order valence-corrected chi connectivity index (χ4v) is 1.84. The van der Waals surface area contributed by atoms with Gasteiger partial charge >= 0.3 is 5.97 Å². The number of benzene rings is 1. The third kappa shape index (κ3) is 1.51. The van der Waals surface area contributed by atoms with Crippen molar-refractivity contribution in [2.75, 3.05) is 0 Å². The average Bonchev–Trinajstić information content (AvgIpc) is 2.87. The van der Waals surface area contributed by atoms with Gasteiger partial charge in [-0.1, -0.05) is 17.3 Å². The summed E-state index contributed by atoms with van der Waals surface area (Å²) in [6, 6.07) is 7.41. The van der Waals surface area contributed by atoms with E-state index in [2.05, 4.69) is 15.3 Å². The normalized spacial score (nSPS) is 10.7. The van der Waals surface area contributed by atoms with Crippen LogP contribution in [0.3, 0.4) is 0 Å². The molecule has 3 aromatic rings. The minimum absolute atomic E-state index is 0.0198. The summed E-state index contributed by atoms with van der Waals surface area (Å²) in [5.74, 6) is -1.07. The van der Waals surface area contributed by atoms with Gasteiger partial charge in [0.05, 0.1) is 11.9 Å². The molecule has 0 saturated heterocycles. The van der Waals surface area contributed by atoms with Crippen LogP contribution >= 0.6 is 0 Å². The van der Waals surface area contributed by atoms with Gasteiger partial charge in [0.15, 0.2) is 5.69 Å². The standard InChI is InChI=1S/C12H8N4O2/c17-12(18)11-7-14-15-16(11)10-3-1-2-8-4-5-13-6-9(8)10/h1-7H,(H,17,18). The van der Waals surface area contributed by atoms with Crippen molar-refractivity contribution in [3.8, 4) is 5.69 Å². The molecule has 18 heavy (non-hydrogen) atoms. The van der Waals surface area contributed by atoms with Crippen LogP contribution in [0.2, 0.25) is 0 Å².